The molecule has 1 unspecified atom stereocenters. The van der Waals surface area contributed by atoms with E-state index in [2.05, 4.69) is 16.0 Å². The minimum atomic E-state index is 0.225. The van der Waals surface area contributed by atoms with Crippen LogP contribution in [0.5, 0.6) is 0 Å². The predicted molar refractivity (Wildman–Crippen MR) is 70.4 cm³/mol. The van der Waals surface area contributed by atoms with E-state index in [0.717, 1.165) is 23.1 Å². The molecule has 0 amide bonds. The van der Waals surface area contributed by atoms with Crippen LogP contribution < -0.4 is 0 Å². The largest absolute Gasteiger partial charge is 0.443 e. The van der Waals surface area contributed by atoms with Gasteiger partial charge < -0.3 is 14.1 Å². The summed E-state index contributed by atoms with van der Waals surface area (Å²) in [4.78, 5) is 17.4. The molecular formula is C14H18N2O2. The van der Waals surface area contributed by atoms with Crippen molar-refractivity contribution in [2.45, 2.75) is 25.8 Å². The fraction of sp³-hybridized carbons (Fsp3) is 0.429. The number of aromatic nitrogens is 1. The lowest BCUT2D eigenvalue weighted by atomic mass is 9.99. The van der Waals surface area contributed by atoms with Crippen LogP contribution >= 0.6 is 0 Å². The van der Waals surface area contributed by atoms with E-state index in [4.69, 9.17) is 4.42 Å². The standard InChI is InChI=1S/C14H18N2O2/c1-10(17)4-7-13(16(2)3)11-5-6-12-14(8-11)18-9-15-12/h5-6,8-9,13H,4,7H2,1-3H3. The topological polar surface area (TPSA) is 46.3 Å². The predicted octanol–water partition coefficient (Wildman–Crippen LogP) is 2.80. The number of carbonyl (C=O) groups excluding carboxylic acids is 1. The molecule has 0 aliphatic rings. The van der Waals surface area contributed by atoms with Gasteiger partial charge in [-0.2, -0.15) is 0 Å². The van der Waals surface area contributed by atoms with Crippen molar-refractivity contribution < 1.29 is 9.21 Å². The van der Waals surface area contributed by atoms with Crippen molar-refractivity contribution in [2.75, 3.05) is 14.1 Å². The molecular weight excluding hydrogens is 228 g/mol. The highest BCUT2D eigenvalue weighted by molar-refractivity contribution is 5.75. The Hall–Kier alpha value is -1.68. The average molecular weight is 246 g/mol. The molecule has 1 aromatic carbocycles. The van der Waals surface area contributed by atoms with Crippen LogP contribution in [0, 0.1) is 0 Å². The maximum atomic E-state index is 11.1. The number of hydrogen-bond donors (Lipinski definition) is 0. The normalized spacial score (nSPS) is 13.1. The number of ketones is 1. The van der Waals surface area contributed by atoms with E-state index in [0.29, 0.717) is 6.42 Å². The van der Waals surface area contributed by atoms with E-state index in [9.17, 15) is 4.79 Å². The highest BCUT2D eigenvalue weighted by Crippen LogP contribution is 2.26. The van der Waals surface area contributed by atoms with Crippen LogP contribution in [0.25, 0.3) is 11.1 Å². The van der Waals surface area contributed by atoms with Crippen molar-refractivity contribution in [3.63, 3.8) is 0 Å². The average Bonchev–Trinajstić information content (AvgIpc) is 2.75. The molecule has 0 fully saturated rings. The van der Waals surface area contributed by atoms with Gasteiger partial charge in [-0.1, -0.05) is 6.07 Å². The molecule has 4 nitrogen and oxygen atoms in total. The van der Waals surface area contributed by atoms with Gasteiger partial charge in [-0.15, -0.1) is 0 Å². The molecule has 0 radical (unpaired) electrons. The molecule has 1 heterocycles. The maximum absolute atomic E-state index is 11.1. The highest BCUT2D eigenvalue weighted by Gasteiger charge is 2.15. The van der Waals surface area contributed by atoms with Crippen LogP contribution in [0.2, 0.25) is 0 Å². The quantitative estimate of drug-likeness (QED) is 0.813. The second-order valence-corrected chi connectivity index (χ2v) is 4.80. The molecule has 0 aliphatic heterocycles. The van der Waals surface area contributed by atoms with Crippen molar-refractivity contribution in [2.24, 2.45) is 0 Å². The third-order valence-corrected chi connectivity index (χ3v) is 3.13. The molecule has 96 valence electrons. The molecule has 18 heavy (non-hydrogen) atoms. The van der Waals surface area contributed by atoms with Crippen molar-refractivity contribution in [3.05, 3.63) is 30.2 Å². The van der Waals surface area contributed by atoms with Crippen LogP contribution in [0.3, 0.4) is 0 Å². The second kappa shape index (κ2) is 5.31. The zero-order valence-corrected chi connectivity index (χ0v) is 11.0. The summed E-state index contributed by atoms with van der Waals surface area (Å²) in [7, 11) is 4.05. The summed E-state index contributed by atoms with van der Waals surface area (Å²) in [6.07, 6.45) is 2.87. The zero-order chi connectivity index (χ0) is 13.1. The lowest BCUT2D eigenvalue weighted by molar-refractivity contribution is -0.117. The monoisotopic (exact) mass is 246 g/mol. The van der Waals surface area contributed by atoms with Gasteiger partial charge in [0.1, 0.15) is 11.3 Å². The molecule has 4 heteroatoms. The maximum Gasteiger partial charge on any atom is 0.181 e. The van der Waals surface area contributed by atoms with Crippen molar-refractivity contribution in [3.8, 4) is 0 Å². The summed E-state index contributed by atoms with van der Waals surface area (Å²) in [6.45, 7) is 1.63. The van der Waals surface area contributed by atoms with Crippen LogP contribution in [-0.4, -0.2) is 29.8 Å². The minimum Gasteiger partial charge on any atom is -0.443 e. The number of Topliss-reactive ketones (excluding diaryl/α,β-unsaturated/α-hetero) is 1. The summed E-state index contributed by atoms with van der Waals surface area (Å²) < 4.78 is 5.32. The third kappa shape index (κ3) is 2.76. The molecule has 1 aromatic heterocycles. The Morgan fingerprint density at radius 1 is 1.44 bits per heavy atom. The van der Waals surface area contributed by atoms with Crippen molar-refractivity contribution in [1.29, 1.82) is 0 Å². The van der Waals surface area contributed by atoms with Gasteiger partial charge >= 0.3 is 0 Å². The Labute approximate surface area is 107 Å². The molecule has 0 aliphatic carbocycles. The van der Waals surface area contributed by atoms with Gasteiger partial charge in [-0.3, -0.25) is 0 Å². The summed E-state index contributed by atoms with van der Waals surface area (Å²) in [5, 5.41) is 0. The molecule has 0 bridgehead atoms. The zero-order valence-electron chi connectivity index (χ0n) is 11.0. The first-order valence-electron chi connectivity index (χ1n) is 6.07. The van der Waals surface area contributed by atoms with Crippen molar-refractivity contribution in [1.82, 2.24) is 9.88 Å². The number of rotatable bonds is 5. The number of fused-ring (bicyclic) bond motifs is 1. The molecule has 0 saturated heterocycles. The molecule has 2 aromatic rings. The third-order valence-electron chi connectivity index (χ3n) is 3.13. The number of oxazole rings is 1. The first kappa shape index (κ1) is 12.8. The number of hydrogen-bond acceptors (Lipinski definition) is 4. The van der Waals surface area contributed by atoms with Crippen molar-refractivity contribution >= 4 is 16.9 Å². The van der Waals surface area contributed by atoms with E-state index in [-0.39, 0.29) is 11.8 Å². The molecule has 0 spiro atoms. The minimum absolute atomic E-state index is 0.225. The Bertz CT molecular complexity index is 545. The first-order chi connectivity index (χ1) is 8.58. The molecule has 0 saturated carbocycles. The summed E-state index contributed by atoms with van der Waals surface area (Å²) in [5.74, 6) is 0.225. The Morgan fingerprint density at radius 3 is 2.89 bits per heavy atom. The van der Waals surface area contributed by atoms with Crippen LogP contribution in [0.1, 0.15) is 31.4 Å². The van der Waals surface area contributed by atoms with Gasteiger partial charge in [0.2, 0.25) is 0 Å². The number of carbonyl (C=O) groups is 1. The fourth-order valence-electron chi connectivity index (χ4n) is 2.14. The van der Waals surface area contributed by atoms with E-state index in [1.54, 1.807) is 6.92 Å². The lowest BCUT2D eigenvalue weighted by Gasteiger charge is -2.24. The summed E-state index contributed by atoms with van der Waals surface area (Å²) in [5.41, 5.74) is 2.82. The van der Waals surface area contributed by atoms with Gasteiger partial charge in [0.25, 0.3) is 0 Å². The van der Waals surface area contributed by atoms with Crippen LogP contribution in [0.4, 0.5) is 0 Å². The summed E-state index contributed by atoms with van der Waals surface area (Å²) >= 11 is 0. The fourth-order valence-corrected chi connectivity index (χ4v) is 2.14. The van der Waals surface area contributed by atoms with Gasteiger partial charge in [0, 0.05) is 12.5 Å². The number of nitrogens with zero attached hydrogens (tertiary/aromatic N) is 2. The van der Waals surface area contributed by atoms with E-state index < -0.39 is 0 Å². The molecule has 1 atom stereocenters. The smallest absolute Gasteiger partial charge is 0.181 e. The highest BCUT2D eigenvalue weighted by atomic mass is 16.3. The molecule has 2 rings (SSSR count). The van der Waals surface area contributed by atoms with E-state index in [1.807, 2.05) is 26.2 Å². The first-order valence-corrected chi connectivity index (χ1v) is 6.07. The second-order valence-electron chi connectivity index (χ2n) is 4.80. The molecule has 0 N–H and O–H groups in total. The van der Waals surface area contributed by atoms with E-state index >= 15 is 0 Å². The van der Waals surface area contributed by atoms with E-state index in [1.165, 1.54) is 6.39 Å². The van der Waals surface area contributed by atoms with Gasteiger partial charge in [0.05, 0.1) is 0 Å². The Kier molecular flexibility index (Phi) is 3.77. The number of benzene rings is 1. The van der Waals surface area contributed by atoms with Gasteiger partial charge in [-0.05, 0) is 45.1 Å². The summed E-state index contributed by atoms with van der Waals surface area (Å²) in [6, 6.07) is 6.24. The Balaban J connectivity index is 2.25. The van der Waals surface area contributed by atoms with Crippen LogP contribution in [-0.2, 0) is 4.79 Å². The van der Waals surface area contributed by atoms with Gasteiger partial charge in [0.15, 0.2) is 12.0 Å². The lowest BCUT2D eigenvalue weighted by Crippen LogP contribution is -2.20. The van der Waals surface area contributed by atoms with Gasteiger partial charge in [-0.25, -0.2) is 4.98 Å². The Morgan fingerprint density at radius 2 is 2.22 bits per heavy atom. The van der Waals surface area contributed by atoms with Crippen LogP contribution in [0.15, 0.2) is 29.0 Å². The SMILES string of the molecule is CC(=O)CCC(c1ccc2ncoc2c1)N(C)C.